The molecule has 0 aromatic heterocycles. The highest BCUT2D eigenvalue weighted by atomic mass is 16.4. The van der Waals surface area contributed by atoms with E-state index in [1.807, 2.05) is 0 Å². The summed E-state index contributed by atoms with van der Waals surface area (Å²) in [4.78, 5) is 24.9. The molecule has 2 atom stereocenters. The smallest absolute Gasteiger partial charge is 0.329 e. The molecule has 1 saturated heterocycles. The van der Waals surface area contributed by atoms with E-state index in [4.69, 9.17) is 0 Å². The van der Waals surface area contributed by atoms with Crippen LogP contribution in [-0.4, -0.2) is 34.0 Å². The molecule has 1 amide bonds. The molecule has 4 nitrogen and oxygen atoms in total. The largest absolute Gasteiger partial charge is 0.480 e. The van der Waals surface area contributed by atoms with Gasteiger partial charge in [-0.3, -0.25) is 4.79 Å². The molecule has 17 heavy (non-hydrogen) atoms. The zero-order valence-electron chi connectivity index (χ0n) is 11.0. The third-order valence-corrected chi connectivity index (χ3v) is 3.71. The summed E-state index contributed by atoms with van der Waals surface area (Å²) >= 11 is 0. The Labute approximate surface area is 103 Å². The predicted octanol–water partition coefficient (Wildman–Crippen LogP) is 2.28. The Balaban J connectivity index is 2.65. The lowest BCUT2D eigenvalue weighted by molar-refractivity contribution is -0.155. The van der Waals surface area contributed by atoms with Crippen molar-refractivity contribution in [2.45, 2.75) is 58.4 Å². The molecular weight excluding hydrogens is 218 g/mol. The van der Waals surface area contributed by atoms with Crippen molar-refractivity contribution in [1.29, 1.82) is 0 Å². The van der Waals surface area contributed by atoms with Crippen molar-refractivity contribution in [3.8, 4) is 0 Å². The number of hydrogen-bond donors (Lipinski definition) is 1. The van der Waals surface area contributed by atoms with Gasteiger partial charge in [0, 0.05) is 13.0 Å². The number of likely N-dealkylation sites (tertiary alicyclic amines) is 1. The monoisotopic (exact) mass is 241 g/mol. The van der Waals surface area contributed by atoms with Crippen molar-refractivity contribution in [3.05, 3.63) is 0 Å². The zero-order chi connectivity index (χ0) is 13.1. The average Bonchev–Trinajstić information content (AvgIpc) is 2.62. The first-order valence-electron chi connectivity index (χ1n) is 6.45. The fraction of sp³-hybridized carbons (Fsp3) is 0.846. The fourth-order valence-corrected chi connectivity index (χ4v) is 2.59. The number of hydrogen-bond acceptors (Lipinski definition) is 2. The fourth-order valence-electron chi connectivity index (χ4n) is 2.59. The van der Waals surface area contributed by atoms with E-state index in [1.165, 1.54) is 0 Å². The molecule has 0 bridgehead atoms. The van der Waals surface area contributed by atoms with E-state index >= 15 is 0 Å². The normalized spacial score (nSPS) is 25.9. The van der Waals surface area contributed by atoms with Crippen molar-refractivity contribution in [1.82, 2.24) is 4.90 Å². The van der Waals surface area contributed by atoms with Crippen LogP contribution in [0.4, 0.5) is 0 Å². The topological polar surface area (TPSA) is 57.6 Å². The predicted molar refractivity (Wildman–Crippen MR) is 65.7 cm³/mol. The first-order valence-corrected chi connectivity index (χ1v) is 6.45. The molecule has 2 unspecified atom stereocenters. The van der Waals surface area contributed by atoms with Gasteiger partial charge in [-0.25, -0.2) is 4.79 Å². The summed E-state index contributed by atoms with van der Waals surface area (Å²) in [5.41, 5.74) is -0.983. The lowest BCUT2D eigenvalue weighted by Crippen LogP contribution is -2.51. The van der Waals surface area contributed by atoms with Crippen LogP contribution in [0.3, 0.4) is 0 Å². The highest BCUT2D eigenvalue weighted by molar-refractivity contribution is 5.87. The molecule has 0 saturated carbocycles. The molecular formula is C13H23NO3. The number of carbonyl (C=O) groups excluding carboxylic acids is 1. The summed E-state index contributed by atoms with van der Waals surface area (Å²) in [6.07, 6.45) is 3.90. The van der Waals surface area contributed by atoms with Crippen molar-refractivity contribution in [3.63, 3.8) is 0 Å². The Morgan fingerprint density at radius 3 is 2.65 bits per heavy atom. The summed E-state index contributed by atoms with van der Waals surface area (Å²) in [5, 5.41) is 9.24. The van der Waals surface area contributed by atoms with Crippen LogP contribution in [0.15, 0.2) is 0 Å². The first kappa shape index (κ1) is 14.0. The molecule has 0 aliphatic carbocycles. The molecule has 1 aliphatic rings. The van der Waals surface area contributed by atoms with Gasteiger partial charge in [0.15, 0.2) is 0 Å². The highest BCUT2D eigenvalue weighted by Crippen LogP contribution is 2.30. The number of carboxylic acids is 1. The van der Waals surface area contributed by atoms with Crippen molar-refractivity contribution in [2.75, 3.05) is 6.54 Å². The SMILES string of the molecule is CCCC(C)CC(=O)N1CCCC1(C)C(=O)O. The molecule has 1 N–H and O–H groups in total. The molecule has 98 valence electrons. The molecule has 1 heterocycles. The standard InChI is InChI=1S/C13H23NO3/c1-4-6-10(2)9-11(15)14-8-5-7-13(14,3)12(16)17/h10H,4-9H2,1-3H3,(H,16,17). The Bertz CT molecular complexity index is 303. The van der Waals surface area contributed by atoms with Gasteiger partial charge in [0.05, 0.1) is 0 Å². The molecule has 1 aliphatic heterocycles. The van der Waals surface area contributed by atoms with Crippen LogP contribution < -0.4 is 0 Å². The van der Waals surface area contributed by atoms with Gasteiger partial charge < -0.3 is 10.0 Å². The molecule has 1 rings (SSSR count). The Morgan fingerprint density at radius 2 is 2.12 bits per heavy atom. The lowest BCUT2D eigenvalue weighted by Gasteiger charge is -2.32. The van der Waals surface area contributed by atoms with Gasteiger partial charge in [-0.2, -0.15) is 0 Å². The van der Waals surface area contributed by atoms with Crippen molar-refractivity contribution in [2.24, 2.45) is 5.92 Å². The summed E-state index contributed by atoms with van der Waals surface area (Å²) in [6.45, 7) is 6.39. The van der Waals surface area contributed by atoms with E-state index in [-0.39, 0.29) is 5.91 Å². The van der Waals surface area contributed by atoms with Gasteiger partial charge >= 0.3 is 5.97 Å². The molecule has 0 spiro atoms. The number of nitrogens with zero attached hydrogens (tertiary/aromatic N) is 1. The van der Waals surface area contributed by atoms with Gasteiger partial charge in [-0.15, -0.1) is 0 Å². The number of aliphatic carboxylic acids is 1. The van der Waals surface area contributed by atoms with E-state index in [0.29, 0.717) is 25.3 Å². The molecule has 1 fully saturated rings. The van der Waals surface area contributed by atoms with Crippen LogP contribution in [-0.2, 0) is 9.59 Å². The van der Waals surface area contributed by atoms with Crippen LogP contribution in [0.1, 0.15) is 52.9 Å². The first-order chi connectivity index (χ1) is 7.91. The molecule has 0 radical (unpaired) electrons. The number of carbonyl (C=O) groups is 2. The maximum atomic E-state index is 12.1. The Morgan fingerprint density at radius 1 is 1.47 bits per heavy atom. The summed E-state index contributed by atoms with van der Waals surface area (Å²) in [6, 6.07) is 0. The van der Waals surface area contributed by atoms with Crippen LogP contribution in [0.2, 0.25) is 0 Å². The van der Waals surface area contributed by atoms with Crippen molar-refractivity contribution >= 4 is 11.9 Å². The van der Waals surface area contributed by atoms with E-state index in [2.05, 4.69) is 13.8 Å². The highest BCUT2D eigenvalue weighted by Gasteiger charge is 2.45. The maximum absolute atomic E-state index is 12.1. The summed E-state index contributed by atoms with van der Waals surface area (Å²) < 4.78 is 0. The van der Waals surface area contributed by atoms with Gasteiger partial charge in [0.25, 0.3) is 0 Å². The molecule has 0 aromatic carbocycles. The number of carboxylic acid groups (broad SMARTS) is 1. The van der Waals surface area contributed by atoms with Gasteiger partial charge in [0.1, 0.15) is 5.54 Å². The van der Waals surface area contributed by atoms with Gasteiger partial charge in [0.2, 0.25) is 5.91 Å². The van der Waals surface area contributed by atoms with Gasteiger partial charge in [-0.1, -0.05) is 26.7 Å². The number of rotatable bonds is 5. The average molecular weight is 241 g/mol. The van der Waals surface area contributed by atoms with E-state index < -0.39 is 11.5 Å². The van der Waals surface area contributed by atoms with Crippen LogP contribution in [0.5, 0.6) is 0 Å². The van der Waals surface area contributed by atoms with Gasteiger partial charge in [-0.05, 0) is 25.7 Å². The van der Waals surface area contributed by atoms with E-state index in [0.717, 1.165) is 19.3 Å². The third-order valence-electron chi connectivity index (χ3n) is 3.71. The second-order valence-corrected chi connectivity index (χ2v) is 5.33. The Kier molecular flexibility index (Phi) is 4.54. The van der Waals surface area contributed by atoms with Crippen molar-refractivity contribution < 1.29 is 14.7 Å². The zero-order valence-corrected chi connectivity index (χ0v) is 11.0. The van der Waals surface area contributed by atoms with E-state index in [9.17, 15) is 14.7 Å². The van der Waals surface area contributed by atoms with Crippen LogP contribution in [0, 0.1) is 5.92 Å². The summed E-state index contributed by atoms with van der Waals surface area (Å²) in [5.74, 6) is -0.550. The molecule has 4 heteroatoms. The number of amides is 1. The maximum Gasteiger partial charge on any atom is 0.329 e. The molecule has 0 aromatic rings. The van der Waals surface area contributed by atoms with E-state index in [1.54, 1.807) is 11.8 Å². The summed E-state index contributed by atoms with van der Waals surface area (Å²) in [7, 11) is 0. The second kappa shape index (κ2) is 5.52. The lowest BCUT2D eigenvalue weighted by atomic mass is 9.97. The Hall–Kier alpha value is -1.06. The van der Waals surface area contributed by atoms with Crippen LogP contribution >= 0.6 is 0 Å². The minimum absolute atomic E-state index is 0.00616. The quantitative estimate of drug-likeness (QED) is 0.803. The minimum Gasteiger partial charge on any atom is -0.480 e. The third kappa shape index (κ3) is 2.99. The second-order valence-electron chi connectivity index (χ2n) is 5.33. The minimum atomic E-state index is -0.983. The van der Waals surface area contributed by atoms with Crippen LogP contribution in [0.25, 0.3) is 0 Å².